The van der Waals surface area contributed by atoms with Crippen molar-refractivity contribution in [3.8, 4) is 0 Å². The number of ether oxygens (including phenoxy) is 2. The van der Waals surface area contributed by atoms with E-state index in [9.17, 15) is 0 Å². The maximum absolute atomic E-state index is 5.51. The fourth-order valence-corrected chi connectivity index (χ4v) is 4.04. The van der Waals surface area contributed by atoms with Crippen LogP contribution in [0.3, 0.4) is 0 Å². The van der Waals surface area contributed by atoms with Crippen molar-refractivity contribution in [2.24, 2.45) is 11.8 Å². The van der Waals surface area contributed by atoms with Gasteiger partial charge in [-0.05, 0) is 37.5 Å². The molecule has 6 nitrogen and oxygen atoms in total. The van der Waals surface area contributed by atoms with Gasteiger partial charge in [0.25, 0.3) is 0 Å². The molecule has 3 aliphatic rings. The molecule has 23 heavy (non-hydrogen) atoms. The predicted molar refractivity (Wildman–Crippen MR) is 86.2 cm³/mol. The third-order valence-electron chi connectivity index (χ3n) is 5.44. The van der Waals surface area contributed by atoms with Crippen LogP contribution < -0.4 is 0 Å². The van der Waals surface area contributed by atoms with E-state index in [2.05, 4.69) is 19.9 Å². The highest BCUT2D eigenvalue weighted by Crippen LogP contribution is 2.34. The first-order valence-corrected chi connectivity index (χ1v) is 9.04. The zero-order valence-electron chi connectivity index (χ0n) is 14.1. The lowest BCUT2D eigenvalue weighted by Crippen LogP contribution is -2.40. The van der Waals surface area contributed by atoms with Crippen molar-refractivity contribution in [2.45, 2.75) is 44.7 Å². The van der Waals surface area contributed by atoms with Gasteiger partial charge in [-0.2, -0.15) is 0 Å². The molecule has 2 aliphatic heterocycles. The maximum Gasteiger partial charge on any atom is 0.100 e. The van der Waals surface area contributed by atoms with Gasteiger partial charge in [-0.1, -0.05) is 5.21 Å². The van der Waals surface area contributed by atoms with Gasteiger partial charge in [-0.15, -0.1) is 5.10 Å². The molecule has 0 spiro atoms. The normalized spacial score (nSPS) is 26.4. The van der Waals surface area contributed by atoms with Crippen molar-refractivity contribution in [1.82, 2.24) is 19.9 Å². The van der Waals surface area contributed by atoms with Crippen LogP contribution in [0.4, 0.5) is 0 Å². The summed E-state index contributed by atoms with van der Waals surface area (Å²) in [5.74, 6) is 1.98. The van der Waals surface area contributed by atoms with Crippen LogP contribution >= 0.6 is 0 Å². The molecule has 1 saturated heterocycles. The van der Waals surface area contributed by atoms with Crippen LogP contribution in [0.25, 0.3) is 0 Å². The Hall–Kier alpha value is -0.980. The van der Waals surface area contributed by atoms with E-state index in [1.807, 2.05) is 0 Å². The molecule has 6 heteroatoms. The molecule has 1 atom stereocenters. The van der Waals surface area contributed by atoms with E-state index in [1.165, 1.54) is 37.1 Å². The number of hydrogen-bond acceptors (Lipinski definition) is 5. The molecular weight excluding hydrogens is 292 g/mol. The summed E-state index contributed by atoms with van der Waals surface area (Å²) in [5.41, 5.74) is 2.51. The molecule has 2 fully saturated rings. The van der Waals surface area contributed by atoms with Crippen LogP contribution in [0.5, 0.6) is 0 Å². The molecule has 0 unspecified atom stereocenters. The monoisotopic (exact) mass is 320 g/mol. The van der Waals surface area contributed by atoms with Gasteiger partial charge >= 0.3 is 0 Å². The summed E-state index contributed by atoms with van der Waals surface area (Å²) >= 11 is 0. The standard InChI is InChI=1S/C17H28N4O2/c1-22-12-15-10-20(8-14-4-6-23-7-5-14)11-16-17(15)21(19-18-16)9-13-2-3-13/h13-15H,2-12H2,1H3/t15-/m0/s1. The molecule has 1 aromatic rings. The molecular formula is C17H28N4O2. The average molecular weight is 320 g/mol. The van der Waals surface area contributed by atoms with Crippen LogP contribution in [-0.4, -0.2) is 59.9 Å². The summed E-state index contributed by atoms with van der Waals surface area (Å²) < 4.78 is 13.2. The molecule has 0 radical (unpaired) electrons. The SMILES string of the molecule is COC[C@@H]1CN(CC2CCOCC2)Cc2nnn(CC3CC3)c21. The smallest absolute Gasteiger partial charge is 0.100 e. The predicted octanol–water partition coefficient (Wildman–Crippen LogP) is 1.66. The summed E-state index contributed by atoms with van der Waals surface area (Å²) in [5, 5.41) is 8.96. The van der Waals surface area contributed by atoms with E-state index in [0.717, 1.165) is 57.8 Å². The zero-order chi connectivity index (χ0) is 15.6. The Labute approximate surface area is 138 Å². The van der Waals surface area contributed by atoms with E-state index in [0.29, 0.717) is 5.92 Å². The number of rotatable bonds is 6. The Bertz CT molecular complexity index is 523. The fraction of sp³-hybridized carbons (Fsp3) is 0.882. The Morgan fingerprint density at radius 1 is 1.13 bits per heavy atom. The first-order valence-electron chi connectivity index (χ1n) is 9.04. The summed E-state index contributed by atoms with van der Waals surface area (Å²) in [4.78, 5) is 2.55. The molecule has 0 amide bonds. The minimum atomic E-state index is 0.400. The van der Waals surface area contributed by atoms with E-state index in [-0.39, 0.29) is 0 Å². The first-order chi connectivity index (χ1) is 11.3. The van der Waals surface area contributed by atoms with E-state index in [4.69, 9.17) is 9.47 Å². The van der Waals surface area contributed by atoms with Crippen molar-refractivity contribution >= 4 is 0 Å². The molecule has 0 bridgehead atoms. The van der Waals surface area contributed by atoms with E-state index >= 15 is 0 Å². The number of aromatic nitrogens is 3. The molecule has 3 heterocycles. The molecule has 1 aliphatic carbocycles. The van der Waals surface area contributed by atoms with Crippen LogP contribution in [0, 0.1) is 11.8 Å². The van der Waals surface area contributed by atoms with Gasteiger partial charge in [0.1, 0.15) is 5.69 Å². The summed E-state index contributed by atoms with van der Waals surface area (Å²) in [6.45, 7) is 6.80. The molecule has 0 aromatic carbocycles. The van der Waals surface area contributed by atoms with Gasteiger partial charge in [-0.25, -0.2) is 4.68 Å². The highest BCUT2D eigenvalue weighted by atomic mass is 16.5. The third-order valence-corrected chi connectivity index (χ3v) is 5.44. The minimum Gasteiger partial charge on any atom is -0.384 e. The second-order valence-corrected chi connectivity index (χ2v) is 7.45. The van der Waals surface area contributed by atoms with Crippen molar-refractivity contribution in [3.05, 3.63) is 11.4 Å². The lowest BCUT2D eigenvalue weighted by Gasteiger charge is -2.35. The largest absolute Gasteiger partial charge is 0.384 e. The Morgan fingerprint density at radius 2 is 1.91 bits per heavy atom. The van der Waals surface area contributed by atoms with E-state index < -0.39 is 0 Å². The lowest BCUT2D eigenvalue weighted by atomic mass is 9.95. The van der Waals surface area contributed by atoms with Gasteiger partial charge in [0.15, 0.2) is 0 Å². The molecule has 1 aromatic heterocycles. The van der Waals surface area contributed by atoms with Crippen molar-refractivity contribution in [3.63, 3.8) is 0 Å². The Balaban J connectivity index is 1.47. The van der Waals surface area contributed by atoms with Gasteiger partial charge < -0.3 is 9.47 Å². The van der Waals surface area contributed by atoms with Crippen molar-refractivity contribution < 1.29 is 9.47 Å². The number of hydrogen-bond donors (Lipinski definition) is 0. The topological polar surface area (TPSA) is 52.4 Å². The molecule has 4 rings (SSSR count). The Kier molecular flexibility index (Phi) is 4.64. The Morgan fingerprint density at radius 3 is 2.65 bits per heavy atom. The minimum absolute atomic E-state index is 0.400. The first kappa shape index (κ1) is 15.5. The third kappa shape index (κ3) is 3.59. The van der Waals surface area contributed by atoms with Gasteiger partial charge in [0, 0.05) is 52.4 Å². The van der Waals surface area contributed by atoms with Gasteiger partial charge in [-0.3, -0.25) is 4.90 Å². The van der Waals surface area contributed by atoms with Crippen molar-refractivity contribution in [1.29, 1.82) is 0 Å². The summed E-state index contributed by atoms with van der Waals surface area (Å²) in [6.07, 6.45) is 5.07. The maximum atomic E-state index is 5.51. The number of nitrogens with zero attached hydrogens (tertiary/aromatic N) is 4. The number of fused-ring (bicyclic) bond motifs is 1. The molecule has 0 N–H and O–H groups in total. The lowest BCUT2D eigenvalue weighted by molar-refractivity contribution is 0.0456. The zero-order valence-corrected chi connectivity index (χ0v) is 14.1. The van der Waals surface area contributed by atoms with Crippen LogP contribution in [0.1, 0.15) is 43.0 Å². The molecule has 128 valence electrons. The average Bonchev–Trinajstić information content (AvgIpc) is 3.28. The highest BCUT2D eigenvalue weighted by molar-refractivity contribution is 5.20. The molecule has 1 saturated carbocycles. The van der Waals surface area contributed by atoms with Crippen LogP contribution in [0.15, 0.2) is 0 Å². The summed E-state index contributed by atoms with van der Waals surface area (Å²) in [7, 11) is 1.80. The highest BCUT2D eigenvalue weighted by Gasteiger charge is 2.33. The van der Waals surface area contributed by atoms with Crippen LogP contribution in [0.2, 0.25) is 0 Å². The number of methoxy groups -OCH3 is 1. The second-order valence-electron chi connectivity index (χ2n) is 7.45. The van der Waals surface area contributed by atoms with Crippen LogP contribution in [-0.2, 0) is 22.6 Å². The second kappa shape index (κ2) is 6.87. The van der Waals surface area contributed by atoms with E-state index in [1.54, 1.807) is 7.11 Å². The quantitative estimate of drug-likeness (QED) is 0.798. The summed E-state index contributed by atoms with van der Waals surface area (Å²) in [6, 6.07) is 0. The van der Waals surface area contributed by atoms with Gasteiger partial charge in [0.2, 0.25) is 0 Å². The van der Waals surface area contributed by atoms with Gasteiger partial charge in [0.05, 0.1) is 12.3 Å². The van der Waals surface area contributed by atoms with Crippen molar-refractivity contribution in [2.75, 3.05) is 40.0 Å². The fourth-order valence-electron chi connectivity index (χ4n) is 4.04.